The van der Waals surface area contributed by atoms with E-state index in [4.69, 9.17) is 9.47 Å². The molecule has 1 saturated heterocycles. The van der Waals surface area contributed by atoms with Gasteiger partial charge in [-0.25, -0.2) is 0 Å². The highest BCUT2D eigenvalue weighted by molar-refractivity contribution is 5.55. The van der Waals surface area contributed by atoms with E-state index in [9.17, 15) is 0 Å². The van der Waals surface area contributed by atoms with E-state index in [2.05, 4.69) is 58.6 Å². The molecule has 2 aliphatic heterocycles. The van der Waals surface area contributed by atoms with Gasteiger partial charge in [-0.05, 0) is 54.6 Å². The zero-order valence-corrected chi connectivity index (χ0v) is 18.2. The molecule has 3 aliphatic rings. The molecule has 3 heteroatoms. The summed E-state index contributed by atoms with van der Waals surface area (Å²) in [4.78, 5) is 2.58. The standard InChI is InChI=1S/C24H37NO2/c1-22(2,3)17-15-18(23(4,5)6)21-19(16-17)27-24(25-13-9-10-14-25)12-8-7-11-20(24)26-21/h15-16,20H,7-14H2,1-6H3/t20-,24+/m0/s1. The fraction of sp³-hybridized carbons (Fsp3) is 0.750. The highest BCUT2D eigenvalue weighted by Crippen LogP contribution is 2.51. The van der Waals surface area contributed by atoms with Crippen molar-refractivity contribution in [2.24, 2.45) is 0 Å². The number of benzene rings is 1. The van der Waals surface area contributed by atoms with Crippen molar-refractivity contribution < 1.29 is 9.47 Å². The number of hydrogen-bond acceptors (Lipinski definition) is 3. The summed E-state index contributed by atoms with van der Waals surface area (Å²) in [7, 11) is 0. The molecular weight excluding hydrogens is 334 g/mol. The van der Waals surface area contributed by atoms with Crippen molar-refractivity contribution >= 4 is 0 Å². The van der Waals surface area contributed by atoms with E-state index in [0.717, 1.165) is 37.4 Å². The number of fused-ring (bicyclic) bond motifs is 2. The van der Waals surface area contributed by atoms with Crippen LogP contribution in [-0.2, 0) is 10.8 Å². The summed E-state index contributed by atoms with van der Waals surface area (Å²) in [6, 6.07) is 4.61. The first-order valence-electron chi connectivity index (χ1n) is 10.9. The molecule has 0 unspecified atom stereocenters. The molecular formula is C24H37NO2. The molecule has 0 bridgehead atoms. The van der Waals surface area contributed by atoms with Crippen LogP contribution < -0.4 is 9.47 Å². The van der Waals surface area contributed by atoms with E-state index in [0.29, 0.717) is 0 Å². The minimum Gasteiger partial charge on any atom is -0.481 e. The maximum atomic E-state index is 6.98. The summed E-state index contributed by atoms with van der Waals surface area (Å²) in [5.74, 6) is 1.97. The third-order valence-electron chi connectivity index (χ3n) is 6.67. The van der Waals surface area contributed by atoms with Crippen molar-refractivity contribution in [3.63, 3.8) is 0 Å². The van der Waals surface area contributed by atoms with Gasteiger partial charge in [0.1, 0.15) is 0 Å². The van der Waals surface area contributed by atoms with Gasteiger partial charge in [-0.2, -0.15) is 0 Å². The lowest BCUT2D eigenvalue weighted by Gasteiger charge is -2.52. The molecule has 2 fully saturated rings. The zero-order valence-electron chi connectivity index (χ0n) is 18.2. The monoisotopic (exact) mass is 371 g/mol. The largest absolute Gasteiger partial charge is 0.481 e. The summed E-state index contributed by atoms with van der Waals surface area (Å²) >= 11 is 0. The van der Waals surface area contributed by atoms with Crippen LogP contribution in [0.5, 0.6) is 11.5 Å². The second-order valence-electron chi connectivity index (χ2n) is 10.8. The smallest absolute Gasteiger partial charge is 0.200 e. The van der Waals surface area contributed by atoms with E-state index in [1.165, 1.54) is 36.8 Å². The van der Waals surface area contributed by atoms with Crippen molar-refractivity contribution in [1.29, 1.82) is 0 Å². The lowest BCUT2D eigenvalue weighted by molar-refractivity contribution is -0.180. The van der Waals surface area contributed by atoms with Gasteiger partial charge in [0.05, 0.1) is 0 Å². The molecule has 0 spiro atoms. The molecule has 0 N–H and O–H groups in total. The second kappa shape index (κ2) is 6.40. The molecule has 1 saturated carbocycles. The maximum absolute atomic E-state index is 6.98. The number of hydrogen-bond donors (Lipinski definition) is 0. The van der Waals surface area contributed by atoms with Crippen LogP contribution in [0, 0.1) is 0 Å². The molecule has 2 heterocycles. The van der Waals surface area contributed by atoms with Crippen LogP contribution in [0.15, 0.2) is 12.1 Å². The average Bonchev–Trinajstić information content (AvgIpc) is 3.12. The molecule has 4 rings (SSSR count). The Morgan fingerprint density at radius 3 is 2.26 bits per heavy atom. The Balaban J connectivity index is 1.84. The molecule has 3 nitrogen and oxygen atoms in total. The van der Waals surface area contributed by atoms with Crippen molar-refractivity contribution in [2.45, 2.75) is 103 Å². The van der Waals surface area contributed by atoms with Crippen molar-refractivity contribution in [2.75, 3.05) is 13.1 Å². The van der Waals surface area contributed by atoms with Crippen LogP contribution in [-0.4, -0.2) is 29.8 Å². The number of ether oxygens (including phenoxy) is 2. The molecule has 1 aliphatic carbocycles. The molecule has 2 atom stereocenters. The minimum absolute atomic E-state index is 0.0248. The molecule has 0 amide bonds. The summed E-state index contributed by atoms with van der Waals surface area (Å²) in [6.45, 7) is 16.0. The van der Waals surface area contributed by atoms with Gasteiger partial charge in [0.25, 0.3) is 0 Å². The Bertz CT molecular complexity index is 706. The molecule has 27 heavy (non-hydrogen) atoms. The van der Waals surface area contributed by atoms with Gasteiger partial charge in [0.2, 0.25) is 5.72 Å². The van der Waals surface area contributed by atoms with Crippen molar-refractivity contribution in [3.8, 4) is 11.5 Å². The van der Waals surface area contributed by atoms with Crippen molar-refractivity contribution in [1.82, 2.24) is 4.90 Å². The average molecular weight is 372 g/mol. The third-order valence-corrected chi connectivity index (χ3v) is 6.67. The van der Waals surface area contributed by atoms with Crippen LogP contribution in [0.1, 0.15) is 91.2 Å². The van der Waals surface area contributed by atoms with Gasteiger partial charge < -0.3 is 9.47 Å². The van der Waals surface area contributed by atoms with Crippen molar-refractivity contribution in [3.05, 3.63) is 23.3 Å². The van der Waals surface area contributed by atoms with E-state index in [1.54, 1.807) is 0 Å². The quantitative estimate of drug-likeness (QED) is 0.624. The second-order valence-corrected chi connectivity index (χ2v) is 10.8. The van der Waals surface area contributed by atoms with Crippen LogP contribution >= 0.6 is 0 Å². The van der Waals surface area contributed by atoms with E-state index in [1.807, 2.05) is 0 Å². The number of nitrogens with zero attached hydrogens (tertiary/aromatic N) is 1. The summed E-state index contributed by atoms with van der Waals surface area (Å²) < 4.78 is 13.8. The van der Waals surface area contributed by atoms with Gasteiger partial charge in [-0.1, -0.05) is 47.6 Å². The SMILES string of the molecule is CC(C)(C)c1cc2c(c(C(C)(C)C)c1)O[C@H]1CCCC[C@@]1(N1CCCC1)O2. The summed E-state index contributed by atoms with van der Waals surface area (Å²) in [5.41, 5.74) is 2.47. The zero-order chi connectivity index (χ0) is 19.4. The van der Waals surface area contributed by atoms with Crippen LogP contribution in [0.25, 0.3) is 0 Å². The Hall–Kier alpha value is -1.22. The highest BCUT2D eigenvalue weighted by Gasteiger charge is 2.53. The normalized spacial score (nSPS) is 28.9. The van der Waals surface area contributed by atoms with E-state index < -0.39 is 0 Å². The van der Waals surface area contributed by atoms with Gasteiger partial charge in [0.15, 0.2) is 17.6 Å². The van der Waals surface area contributed by atoms with E-state index >= 15 is 0 Å². The first-order chi connectivity index (χ1) is 12.6. The maximum Gasteiger partial charge on any atom is 0.200 e. The first kappa shape index (κ1) is 19.1. The summed E-state index contributed by atoms with van der Waals surface area (Å²) in [6.07, 6.45) is 7.36. The van der Waals surface area contributed by atoms with Gasteiger partial charge in [-0.3, -0.25) is 4.90 Å². The predicted octanol–water partition coefficient (Wildman–Crippen LogP) is 5.79. The lowest BCUT2D eigenvalue weighted by atomic mass is 9.79. The molecule has 1 aromatic rings. The third kappa shape index (κ3) is 3.26. The van der Waals surface area contributed by atoms with Crippen LogP contribution in [0.3, 0.4) is 0 Å². The van der Waals surface area contributed by atoms with Gasteiger partial charge >= 0.3 is 0 Å². The first-order valence-corrected chi connectivity index (χ1v) is 10.9. The molecule has 150 valence electrons. The van der Waals surface area contributed by atoms with Gasteiger partial charge in [0, 0.05) is 25.1 Å². The number of likely N-dealkylation sites (tertiary alicyclic amines) is 1. The molecule has 0 radical (unpaired) electrons. The summed E-state index contributed by atoms with van der Waals surface area (Å²) in [5, 5.41) is 0. The Kier molecular flexibility index (Phi) is 4.53. The Labute approximate surface area is 165 Å². The Morgan fingerprint density at radius 2 is 1.63 bits per heavy atom. The molecule has 0 aromatic heterocycles. The minimum atomic E-state index is -0.257. The van der Waals surface area contributed by atoms with Crippen LogP contribution in [0.4, 0.5) is 0 Å². The Morgan fingerprint density at radius 1 is 0.926 bits per heavy atom. The number of rotatable bonds is 1. The fourth-order valence-electron chi connectivity index (χ4n) is 5.01. The topological polar surface area (TPSA) is 21.7 Å². The molecule has 1 aromatic carbocycles. The predicted molar refractivity (Wildman–Crippen MR) is 111 cm³/mol. The van der Waals surface area contributed by atoms with Gasteiger partial charge in [-0.15, -0.1) is 0 Å². The van der Waals surface area contributed by atoms with E-state index in [-0.39, 0.29) is 22.7 Å². The lowest BCUT2D eigenvalue weighted by Crippen LogP contribution is -2.64. The highest BCUT2D eigenvalue weighted by atomic mass is 16.6. The fourth-order valence-corrected chi connectivity index (χ4v) is 5.01. The van der Waals surface area contributed by atoms with Crippen LogP contribution in [0.2, 0.25) is 0 Å².